The summed E-state index contributed by atoms with van der Waals surface area (Å²) < 4.78 is 20.4. The number of ether oxygens (including phenoxy) is 1. The first kappa shape index (κ1) is 22.3. The lowest BCUT2D eigenvalue weighted by Crippen LogP contribution is -2.40. The van der Waals surface area contributed by atoms with Gasteiger partial charge in [0, 0.05) is 18.7 Å². The van der Waals surface area contributed by atoms with Crippen LogP contribution in [0.15, 0.2) is 83.9 Å². The van der Waals surface area contributed by atoms with Crippen molar-refractivity contribution < 1.29 is 18.7 Å². The Hall–Kier alpha value is -4.53. The summed E-state index contributed by atoms with van der Waals surface area (Å²) in [7, 11) is 0. The van der Waals surface area contributed by atoms with Gasteiger partial charge in [0.1, 0.15) is 23.9 Å². The smallest absolute Gasteiger partial charge is 0.261 e. The molecule has 1 atom stereocenters. The molecule has 3 aromatic carbocycles. The maximum atomic E-state index is 13.5. The standard InChI is InChI=1S/C26H21FN4O4/c27-17-6-11-23-22(12-17)26(34)30(16-28-23)15-24(32)29-18-13-25(33)31(14-18)19-7-9-21(10-8-19)35-20-4-2-1-3-5-20/h1-12,16,18H,13-15H2,(H,29,32). The highest BCUT2D eigenvalue weighted by Gasteiger charge is 2.31. The number of nitrogens with zero attached hydrogens (tertiary/aromatic N) is 3. The van der Waals surface area contributed by atoms with E-state index in [1.54, 1.807) is 29.2 Å². The first-order chi connectivity index (χ1) is 17.0. The van der Waals surface area contributed by atoms with Crippen LogP contribution in [0.5, 0.6) is 11.5 Å². The maximum Gasteiger partial charge on any atom is 0.261 e. The maximum absolute atomic E-state index is 13.5. The first-order valence-electron chi connectivity index (χ1n) is 11.0. The SMILES string of the molecule is O=C(Cn1cnc2ccc(F)cc2c1=O)NC1CC(=O)N(c2ccc(Oc3ccccc3)cc2)C1. The first-order valence-corrected chi connectivity index (χ1v) is 11.0. The molecule has 0 saturated carbocycles. The van der Waals surface area contributed by atoms with E-state index in [1.807, 2.05) is 30.3 Å². The van der Waals surface area contributed by atoms with E-state index in [1.165, 1.54) is 18.5 Å². The van der Waals surface area contributed by atoms with Crippen LogP contribution in [-0.4, -0.2) is 34.0 Å². The lowest BCUT2D eigenvalue weighted by Gasteiger charge is -2.18. The zero-order chi connectivity index (χ0) is 24.4. The Balaban J connectivity index is 1.21. The average molecular weight is 472 g/mol. The van der Waals surface area contributed by atoms with Crippen molar-refractivity contribution in [2.24, 2.45) is 0 Å². The molecular weight excluding hydrogens is 451 g/mol. The zero-order valence-electron chi connectivity index (χ0n) is 18.6. The van der Waals surface area contributed by atoms with E-state index >= 15 is 0 Å². The molecule has 0 aliphatic carbocycles. The molecular formula is C26H21FN4O4. The summed E-state index contributed by atoms with van der Waals surface area (Å²) in [6, 6.07) is 19.8. The van der Waals surface area contributed by atoms with Crippen LogP contribution in [-0.2, 0) is 16.1 Å². The fourth-order valence-electron chi connectivity index (χ4n) is 4.04. The van der Waals surface area contributed by atoms with Crippen molar-refractivity contribution >= 4 is 28.4 Å². The second-order valence-corrected chi connectivity index (χ2v) is 8.22. The molecule has 35 heavy (non-hydrogen) atoms. The van der Waals surface area contributed by atoms with Gasteiger partial charge in [0.15, 0.2) is 0 Å². The predicted molar refractivity (Wildman–Crippen MR) is 128 cm³/mol. The third-order valence-corrected chi connectivity index (χ3v) is 5.72. The number of aromatic nitrogens is 2. The Morgan fingerprint density at radius 3 is 2.54 bits per heavy atom. The third-order valence-electron chi connectivity index (χ3n) is 5.72. The Morgan fingerprint density at radius 1 is 1.03 bits per heavy atom. The van der Waals surface area contributed by atoms with Crippen molar-refractivity contribution in [1.82, 2.24) is 14.9 Å². The summed E-state index contributed by atoms with van der Waals surface area (Å²) in [6.07, 6.45) is 1.40. The summed E-state index contributed by atoms with van der Waals surface area (Å²) in [4.78, 5) is 43.4. The van der Waals surface area contributed by atoms with Gasteiger partial charge in [-0.15, -0.1) is 0 Å². The quantitative estimate of drug-likeness (QED) is 0.465. The predicted octanol–water partition coefficient (Wildman–Crippen LogP) is 3.25. The van der Waals surface area contributed by atoms with Gasteiger partial charge in [0.25, 0.3) is 5.56 Å². The van der Waals surface area contributed by atoms with Crippen molar-refractivity contribution in [3.8, 4) is 11.5 Å². The van der Waals surface area contributed by atoms with E-state index < -0.39 is 23.3 Å². The topological polar surface area (TPSA) is 93.5 Å². The molecule has 2 heterocycles. The normalized spacial score (nSPS) is 15.4. The molecule has 5 rings (SSSR count). The molecule has 1 unspecified atom stereocenters. The van der Waals surface area contributed by atoms with Gasteiger partial charge >= 0.3 is 0 Å². The fourth-order valence-corrected chi connectivity index (χ4v) is 4.04. The number of amides is 2. The number of hydrogen-bond acceptors (Lipinski definition) is 5. The van der Waals surface area contributed by atoms with Crippen molar-refractivity contribution in [1.29, 1.82) is 0 Å². The molecule has 2 amide bonds. The van der Waals surface area contributed by atoms with Gasteiger partial charge < -0.3 is 15.0 Å². The summed E-state index contributed by atoms with van der Waals surface area (Å²) in [6.45, 7) is 0.0219. The van der Waals surface area contributed by atoms with E-state index in [0.29, 0.717) is 29.2 Å². The second-order valence-electron chi connectivity index (χ2n) is 8.22. The number of anilines is 1. The largest absolute Gasteiger partial charge is 0.457 e. The van der Waals surface area contributed by atoms with E-state index in [-0.39, 0.29) is 24.3 Å². The highest BCUT2D eigenvalue weighted by Crippen LogP contribution is 2.27. The van der Waals surface area contributed by atoms with Crippen molar-refractivity contribution in [3.05, 3.63) is 95.3 Å². The van der Waals surface area contributed by atoms with Crippen LogP contribution < -0.4 is 20.5 Å². The molecule has 1 N–H and O–H groups in total. The molecule has 0 radical (unpaired) electrons. The molecule has 8 nitrogen and oxygen atoms in total. The van der Waals surface area contributed by atoms with Crippen LogP contribution >= 0.6 is 0 Å². The Kier molecular flexibility index (Phi) is 5.97. The van der Waals surface area contributed by atoms with Gasteiger partial charge in [-0.3, -0.25) is 19.0 Å². The molecule has 1 aromatic heterocycles. The third kappa shape index (κ3) is 4.89. The van der Waals surface area contributed by atoms with Gasteiger partial charge in [0.05, 0.1) is 23.3 Å². The number of rotatable bonds is 6. The number of carbonyl (C=O) groups excluding carboxylic acids is 2. The minimum absolute atomic E-state index is 0.0993. The monoisotopic (exact) mass is 472 g/mol. The van der Waals surface area contributed by atoms with Gasteiger partial charge in [-0.1, -0.05) is 18.2 Å². The van der Waals surface area contributed by atoms with Crippen LogP contribution in [0.4, 0.5) is 10.1 Å². The van der Waals surface area contributed by atoms with Gasteiger partial charge in [0.2, 0.25) is 11.8 Å². The number of fused-ring (bicyclic) bond motifs is 1. The second kappa shape index (κ2) is 9.38. The summed E-state index contributed by atoms with van der Waals surface area (Å²) in [5.74, 6) is 0.252. The van der Waals surface area contributed by atoms with Crippen molar-refractivity contribution in [2.75, 3.05) is 11.4 Å². The molecule has 176 valence electrons. The van der Waals surface area contributed by atoms with Gasteiger partial charge in [-0.2, -0.15) is 0 Å². The van der Waals surface area contributed by atoms with E-state index in [4.69, 9.17) is 4.74 Å². The Morgan fingerprint density at radius 2 is 1.77 bits per heavy atom. The van der Waals surface area contributed by atoms with Gasteiger partial charge in [-0.05, 0) is 54.6 Å². The molecule has 1 fully saturated rings. The van der Waals surface area contributed by atoms with Crippen LogP contribution in [0.25, 0.3) is 10.9 Å². The molecule has 4 aromatic rings. The minimum Gasteiger partial charge on any atom is -0.457 e. The molecule has 9 heteroatoms. The number of halogens is 1. The highest BCUT2D eigenvalue weighted by molar-refractivity contribution is 5.97. The number of para-hydroxylation sites is 1. The molecule has 1 aliphatic heterocycles. The lowest BCUT2D eigenvalue weighted by atomic mass is 10.2. The van der Waals surface area contributed by atoms with Gasteiger partial charge in [-0.25, -0.2) is 9.37 Å². The lowest BCUT2D eigenvalue weighted by molar-refractivity contribution is -0.122. The Bertz CT molecular complexity index is 1450. The number of carbonyl (C=O) groups is 2. The number of hydrogen-bond donors (Lipinski definition) is 1. The summed E-state index contributed by atoms with van der Waals surface area (Å²) >= 11 is 0. The zero-order valence-corrected chi connectivity index (χ0v) is 18.6. The van der Waals surface area contributed by atoms with Crippen molar-refractivity contribution in [2.45, 2.75) is 19.0 Å². The van der Waals surface area contributed by atoms with Crippen LogP contribution in [0.2, 0.25) is 0 Å². The highest BCUT2D eigenvalue weighted by atomic mass is 19.1. The fraction of sp³-hybridized carbons (Fsp3) is 0.154. The minimum atomic E-state index is -0.553. The number of benzene rings is 3. The van der Waals surface area contributed by atoms with E-state index in [2.05, 4.69) is 10.3 Å². The van der Waals surface area contributed by atoms with Crippen LogP contribution in [0.3, 0.4) is 0 Å². The van der Waals surface area contributed by atoms with E-state index in [9.17, 15) is 18.8 Å². The van der Waals surface area contributed by atoms with E-state index in [0.717, 1.165) is 10.6 Å². The molecule has 1 aliphatic rings. The van der Waals surface area contributed by atoms with Crippen LogP contribution in [0, 0.1) is 5.82 Å². The Labute approximate surface area is 199 Å². The average Bonchev–Trinajstić information content (AvgIpc) is 3.22. The summed E-state index contributed by atoms with van der Waals surface area (Å²) in [5, 5.41) is 2.90. The van der Waals surface area contributed by atoms with Crippen molar-refractivity contribution in [3.63, 3.8) is 0 Å². The molecule has 1 saturated heterocycles. The molecule has 0 bridgehead atoms. The molecule has 0 spiro atoms. The summed E-state index contributed by atoms with van der Waals surface area (Å²) in [5.41, 5.74) is 0.543. The number of nitrogens with one attached hydrogen (secondary N) is 1. The van der Waals surface area contributed by atoms with Crippen LogP contribution in [0.1, 0.15) is 6.42 Å².